The van der Waals surface area contributed by atoms with Crippen LogP contribution in [0.3, 0.4) is 0 Å². The molecule has 24 heavy (non-hydrogen) atoms. The van der Waals surface area contributed by atoms with Gasteiger partial charge in [0.05, 0.1) is 23.5 Å². The van der Waals surface area contributed by atoms with Crippen molar-refractivity contribution in [1.29, 1.82) is 0 Å². The van der Waals surface area contributed by atoms with Crippen molar-refractivity contribution in [3.8, 4) is 0 Å². The number of rotatable bonds is 4. The number of hydrogen-bond acceptors (Lipinski definition) is 3. The first-order valence-corrected chi connectivity index (χ1v) is 7.86. The van der Waals surface area contributed by atoms with Gasteiger partial charge in [-0.05, 0) is 31.5 Å². The summed E-state index contributed by atoms with van der Waals surface area (Å²) in [5.41, 5.74) is 3.89. The van der Waals surface area contributed by atoms with Crippen LogP contribution in [0.2, 0.25) is 0 Å². The van der Waals surface area contributed by atoms with E-state index < -0.39 is 0 Å². The van der Waals surface area contributed by atoms with Gasteiger partial charge in [-0.2, -0.15) is 0 Å². The standard InChI is InChI=1S/C20H19N3O/c1-15-19(16(2)22-14-21-15)20(24)23(18-11-7-4-8-12-18)13-17-9-5-3-6-10-17/h3-12,14H,13H2,1-2H3. The Morgan fingerprint density at radius 1 is 0.875 bits per heavy atom. The van der Waals surface area contributed by atoms with E-state index in [0.717, 1.165) is 11.3 Å². The lowest BCUT2D eigenvalue weighted by Gasteiger charge is -2.24. The van der Waals surface area contributed by atoms with Gasteiger partial charge in [0.25, 0.3) is 5.91 Å². The molecule has 0 aliphatic heterocycles. The number of para-hydroxylation sites is 1. The van der Waals surface area contributed by atoms with E-state index in [9.17, 15) is 4.79 Å². The van der Waals surface area contributed by atoms with E-state index in [-0.39, 0.29) is 5.91 Å². The molecule has 0 saturated carbocycles. The molecule has 0 spiro atoms. The zero-order valence-corrected chi connectivity index (χ0v) is 13.8. The van der Waals surface area contributed by atoms with Crippen LogP contribution in [0.4, 0.5) is 5.69 Å². The number of amides is 1. The number of aromatic nitrogens is 2. The zero-order chi connectivity index (χ0) is 16.9. The summed E-state index contributed by atoms with van der Waals surface area (Å²) < 4.78 is 0. The van der Waals surface area contributed by atoms with E-state index in [1.54, 1.807) is 4.90 Å². The largest absolute Gasteiger partial charge is 0.304 e. The van der Waals surface area contributed by atoms with Crippen LogP contribution in [0, 0.1) is 13.8 Å². The second-order valence-electron chi connectivity index (χ2n) is 5.63. The molecule has 2 aromatic carbocycles. The number of benzene rings is 2. The number of nitrogens with zero attached hydrogens (tertiary/aromatic N) is 3. The summed E-state index contributed by atoms with van der Waals surface area (Å²) in [7, 11) is 0. The maximum atomic E-state index is 13.2. The molecule has 0 atom stereocenters. The molecule has 0 unspecified atom stereocenters. The smallest absolute Gasteiger partial charge is 0.262 e. The Bertz CT molecular complexity index is 812. The van der Waals surface area contributed by atoms with Gasteiger partial charge in [0.15, 0.2) is 0 Å². The van der Waals surface area contributed by atoms with Gasteiger partial charge in [0.1, 0.15) is 6.33 Å². The Labute approximate surface area is 141 Å². The minimum Gasteiger partial charge on any atom is -0.304 e. The minimum atomic E-state index is -0.0827. The quantitative estimate of drug-likeness (QED) is 0.732. The van der Waals surface area contributed by atoms with Crippen LogP contribution in [0.5, 0.6) is 0 Å². The molecule has 3 aromatic rings. The van der Waals surface area contributed by atoms with E-state index in [2.05, 4.69) is 9.97 Å². The molecule has 3 rings (SSSR count). The third kappa shape index (κ3) is 3.33. The summed E-state index contributed by atoms with van der Waals surface area (Å²) in [5, 5.41) is 0. The number of carbonyl (C=O) groups is 1. The average molecular weight is 317 g/mol. The molecular formula is C20H19N3O. The average Bonchev–Trinajstić information content (AvgIpc) is 2.61. The van der Waals surface area contributed by atoms with Crippen molar-refractivity contribution in [1.82, 2.24) is 9.97 Å². The summed E-state index contributed by atoms with van der Waals surface area (Å²) in [6.07, 6.45) is 1.49. The Morgan fingerprint density at radius 2 is 1.42 bits per heavy atom. The van der Waals surface area contributed by atoms with E-state index in [0.29, 0.717) is 23.5 Å². The van der Waals surface area contributed by atoms with Gasteiger partial charge < -0.3 is 4.90 Å². The molecule has 1 amide bonds. The topological polar surface area (TPSA) is 46.1 Å². The highest BCUT2D eigenvalue weighted by Crippen LogP contribution is 2.22. The van der Waals surface area contributed by atoms with Crippen molar-refractivity contribution >= 4 is 11.6 Å². The summed E-state index contributed by atoms with van der Waals surface area (Å²) in [6, 6.07) is 19.6. The highest BCUT2D eigenvalue weighted by molar-refractivity contribution is 6.07. The van der Waals surface area contributed by atoms with Gasteiger partial charge in [-0.1, -0.05) is 48.5 Å². The number of anilines is 1. The van der Waals surface area contributed by atoms with Gasteiger partial charge in [0.2, 0.25) is 0 Å². The molecule has 1 heterocycles. The molecule has 0 saturated heterocycles. The Balaban J connectivity index is 2.03. The van der Waals surface area contributed by atoms with Gasteiger partial charge in [-0.15, -0.1) is 0 Å². The third-order valence-electron chi connectivity index (χ3n) is 3.94. The van der Waals surface area contributed by atoms with Crippen molar-refractivity contribution in [2.24, 2.45) is 0 Å². The van der Waals surface area contributed by atoms with Crippen molar-refractivity contribution in [3.63, 3.8) is 0 Å². The maximum absolute atomic E-state index is 13.2. The summed E-state index contributed by atoms with van der Waals surface area (Å²) in [5.74, 6) is -0.0827. The molecule has 0 radical (unpaired) electrons. The fourth-order valence-electron chi connectivity index (χ4n) is 2.69. The lowest BCUT2D eigenvalue weighted by Crippen LogP contribution is -2.32. The fraction of sp³-hybridized carbons (Fsp3) is 0.150. The molecule has 4 nitrogen and oxygen atoms in total. The van der Waals surface area contributed by atoms with Crippen LogP contribution < -0.4 is 4.90 Å². The van der Waals surface area contributed by atoms with E-state index in [1.807, 2.05) is 74.5 Å². The van der Waals surface area contributed by atoms with E-state index >= 15 is 0 Å². The lowest BCUT2D eigenvalue weighted by atomic mass is 10.1. The van der Waals surface area contributed by atoms with Crippen molar-refractivity contribution in [3.05, 3.63) is 89.5 Å². The highest BCUT2D eigenvalue weighted by Gasteiger charge is 2.22. The fourth-order valence-corrected chi connectivity index (χ4v) is 2.69. The predicted octanol–water partition coefficient (Wildman–Crippen LogP) is 3.94. The molecule has 120 valence electrons. The Morgan fingerprint density at radius 3 is 2.00 bits per heavy atom. The first-order valence-electron chi connectivity index (χ1n) is 7.86. The molecule has 0 N–H and O–H groups in total. The second kappa shape index (κ2) is 7.04. The first kappa shape index (κ1) is 15.9. The normalized spacial score (nSPS) is 10.4. The van der Waals surface area contributed by atoms with Crippen LogP contribution >= 0.6 is 0 Å². The molecule has 4 heteroatoms. The van der Waals surface area contributed by atoms with Gasteiger partial charge in [0, 0.05) is 5.69 Å². The van der Waals surface area contributed by atoms with Crippen molar-refractivity contribution < 1.29 is 4.79 Å². The van der Waals surface area contributed by atoms with E-state index in [4.69, 9.17) is 0 Å². The SMILES string of the molecule is Cc1ncnc(C)c1C(=O)N(Cc1ccccc1)c1ccccc1. The number of carbonyl (C=O) groups excluding carboxylic acids is 1. The van der Waals surface area contributed by atoms with Gasteiger partial charge in [-0.25, -0.2) is 9.97 Å². The highest BCUT2D eigenvalue weighted by atomic mass is 16.2. The molecule has 0 bridgehead atoms. The van der Waals surface area contributed by atoms with Gasteiger partial charge >= 0.3 is 0 Å². The molecule has 0 aliphatic carbocycles. The van der Waals surface area contributed by atoms with Gasteiger partial charge in [-0.3, -0.25) is 4.79 Å². The minimum absolute atomic E-state index is 0.0827. The van der Waals surface area contributed by atoms with Crippen LogP contribution in [0.1, 0.15) is 27.3 Å². The summed E-state index contributed by atoms with van der Waals surface area (Å²) in [6.45, 7) is 4.18. The summed E-state index contributed by atoms with van der Waals surface area (Å²) in [4.78, 5) is 23.4. The molecule has 1 aromatic heterocycles. The van der Waals surface area contributed by atoms with Crippen LogP contribution in [0.25, 0.3) is 0 Å². The van der Waals surface area contributed by atoms with Crippen molar-refractivity contribution in [2.75, 3.05) is 4.90 Å². The summed E-state index contributed by atoms with van der Waals surface area (Å²) >= 11 is 0. The van der Waals surface area contributed by atoms with E-state index in [1.165, 1.54) is 6.33 Å². The third-order valence-corrected chi connectivity index (χ3v) is 3.94. The zero-order valence-electron chi connectivity index (χ0n) is 13.8. The predicted molar refractivity (Wildman–Crippen MR) is 94.9 cm³/mol. The van der Waals surface area contributed by atoms with Crippen LogP contribution in [-0.4, -0.2) is 15.9 Å². The second-order valence-corrected chi connectivity index (χ2v) is 5.63. The first-order chi connectivity index (χ1) is 11.7. The Kier molecular flexibility index (Phi) is 4.66. The molecular weight excluding hydrogens is 298 g/mol. The number of aryl methyl sites for hydroxylation is 2. The van der Waals surface area contributed by atoms with Crippen LogP contribution in [-0.2, 0) is 6.54 Å². The molecule has 0 aliphatic rings. The number of hydrogen-bond donors (Lipinski definition) is 0. The lowest BCUT2D eigenvalue weighted by molar-refractivity contribution is 0.0983. The molecule has 0 fully saturated rings. The van der Waals surface area contributed by atoms with Crippen LogP contribution in [0.15, 0.2) is 67.0 Å². The maximum Gasteiger partial charge on any atom is 0.262 e. The Hall–Kier alpha value is -3.01. The van der Waals surface area contributed by atoms with Crippen molar-refractivity contribution in [2.45, 2.75) is 20.4 Å². The monoisotopic (exact) mass is 317 g/mol.